The molecule has 2 heterocycles. The molecule has 0 aliphatic carbocycles. The van der Waals surface area contributed by atoms with E-state index in [4.69, 9.17) is 0 Å². The lowest BCUT2D eigenvalue weighted by Crippen LogP contribution is -2.40. The van der Waals surface area contributed by atoms with Gasteiger partial charge in [0.15, 0.2) is 0 Å². The van der Waals surface area contributed by atoms with Gasteiger partial charge in [-0.25, -0.2) is 0 Å². The van der Waals surface area contributed by atoms with Crippen LogP contribution in [0.25, 0.3) is 0 Å². The summed E-state index contributed by atoms with van der Waals surface area (Å²) in [5.41, 5.74) is 3.71. The SMILES string of the molecule is CN1CC(C(=O)N(CCCN2CCC(Cc3ccccc3)CC2)c2ccc(C(C)(C)C)cc2)CC1=O. The predicted molar refractivity (Wildman–Crippen MR) is 147 cm³/mol. The Labute approximate surface area is 217 Å². The second-order valence-corrected chi connectivity index (χ2v) is 11.8. The molecule has 0 N–H and O–H groups in total. The van der Waals surface area contributed by atoms with E-state index in [1.807, 2.05) is 4.90 Å². The van der Waals surface area contributed by atoms with E-state index in [-0.39, 0.29) is 23.1 Å². The normalized spacial score (nSPS) is 19.6. The number of anilines is 1. The zero-order valence-electron chi connectivity index (χ0n) is 22.6. The van der Waals surface area contributed by atoms with E-state index < -0.39 is 0 Å². The second kappa shape index (κ2) is 11.6. The summed E-state index contributed by atoms with van der Waals surface area (Å²) in [7, 11) is 1.79. The van der Waals surface area contributed by atoms with Crippen LogP contribution in [-0.4, -0.2) is 61.4 Å². The molecule has 2 aliphatic heterocycles. The van der Waals surface area contributed by atoms with Crippen LogP contribution in [0, 0.1) is 11.8 Å². The number of rotatable bonds is 8. The molecular formula is C31H43N3O2. The van der Waals surface area contributed by atoms with Crippen molar-refractivity contribution in [3.63, 3.8) is 0 Å². The Bertz CT molecular complexity index is 1000. The number of carbonyl (C=O) groups excluding carboxylic acids is 2. The zero-order valence-corrected chi connectivity index (χ0v) is 22.6. The minimum absolute atomic E-state index is 0.0646. The molecule has 1 unspecified atom stereocenters. The topological polar surface area (TPSA) is 43.9 Å². The molecule has 2 aromatic rings. The maximum absolute atomic E-state index is 13.6. The van der Waals surface area contributed by atoms with Crippen molar-refractivity contribution >= 4 is 17.5 Å². The number of hydrogen-bond donors (Lipinski definition) is 0. The monoisotopic (exact) mass is 489 g/mol. The molecule has 2 saturated heterocycles. The first kappa shape index (κ1) is 26.4. The minimum Gasteiger partial charge on any atom is -0.345 e. The molecule has 4 rings (SSSR count). The molecule has 2 amide bonds. The number of hydrogen-bond acceptors (Lipinski definition) is 3. The molecular weight excluding hydrogens is 446 g/mol. The standard InChI is InChI=1S/C31H43N3O2/c1-31(2,3)27-11-13-28(14-12-27)34(30(36)26-22-29(35)32(4)23-26)18-8-17-33-19-15-25(16-20-33)21-24-9-6-5-7-10-24/h5-7,9-14,25-26H,8,15-23H2,1-4H3. The van der Waals surface area contributed by atoms with Crippen LogP contribution >= 0.6 is 0 Å². The molecule has 0 bridgehead atoms. The zero-order chi connectivity index (χ0) is 25.7. The van der Waals surface area contributed by atoms with E-state index in [9.17, 15) is 9.59 Å². The number of piperidine rings is 1. The first-order valence-corrected chi connectivity index (χ1v) is 13.6. The summed E-state index contributed by atoms with van der Waals surface area (Å²) < 4.78 is 0. The van der Waals surface area contributed by atoms with Crippen molar-refractivity contribution in [2.45, 2.75) is 58.3 Å². The maximum Gasteiger partial charge on any atom is 0.232 e. The van der Waals surface area contributed by atoms with Gasteiger partial charge in [0.25, 0.3) is 0 Å². The molecule has 5 nitrogen and oxygen atoms in total. The van der Waals surface area contributed by atoms with E-state index in [1.165, 1.54) is 30.4 Å². The van der Waals surface area contributed by atoms with Crippen LogP contribution < -0.4 is 4.90 Å². The van der Waals surface area contributed by atoms with E-state index in [0.29, 0.717) is 19.5 Å². The highest BCUT2D eigenvalue weighted by Crippen LogP contribution is 2.28. The van der Waals surface area contributed by atoms with Gasteiger partial charge in [-0.2, -0.15) is 0 Å². The molecule has 2 fully saturated rings. The molecule has 0 aromatic heterocycles. The maximum atomic E-state index is 13.6. The molecule has 5 heteroatoms. The quantitative estimate of drug-likeness (QED) is 0.516. The smallest absolute Gasteiger partial charge is 0.232 e. The summed E-state index contributed by atoms with van der Waals surface area (Å²) in [5, 5.41) is 0. The Balaban J connectivity index is 1.34. The highest BCUT2D eigenvalue weighted by atomic mass is 16.2. The van der Waals surface area contributed by atoms with Crippen molar-refractivity contribution in [2.75, 3.05) is 44.7 Å². The fraction of sp³-hybridized carbons (Fsp3) is 0.548. The predicted octanol–water partition coefficient (Wildman–Crippen LogP) is 5.14. The number of nitrogens with zero attached hydrogens (tertiary/aromatic N) is 3. The van der Waals surface area contributed by atoms with Gasteiger partial charge in [0, 0.05) is 32.2 Å². The van der Waals surface area contributed by atoms with Gasteiger partial charge in [-0.3, -0.25) is 9.59 Å². The highest BCUT2D eigenvalue weighted by molar-refractivity contribution is 5.99. The lowest BCUT2D eigenvalue weighted by molar-refractivity contribution is -0.127. The van der Waals surface area contributed by atoms with Crippen LogP contribution in [0.1, 0.15) is 57.6 Å². The lowest BCUT2D eigenvalue weighted by Gasteiger charge is -2.33. The third-order valence-electron chi connectivity index (χ3n) is 7.93. The van der Waals surface area contributed by atoms with E-state index in [1.54, 1.807) is 11.9 Å². The summed E-state index contributed by atoms with van der Waals surface area (Å²) >= 11 is 0. The Kier molecular flexibility index (Phi) is 8.50. The second-order valence-electron chi connectivity index (χ2n) is 11.8. The van der Waals surface area contributed by atoms with Crippen LogP contribution in [0.3, 0.4) is 0 Å². The molecule has 1 atom stereocenters. The van der Waals surface area contributed by atoms with Gasteiger partial charge in [0.05, 0.1) is 5.92 Å². The van der Waals surface area contributed by atoms with Gasteiger partial charge >= 0.3 is 0 Å². The number of amides is 2. The fourth-order valence-electron chi connectivity index (χ4n) is 5.57. The van der Waals surface area contributed by atoms with Crippen molar-refractivity contribution in [1.29, 1.82) is 0 Å². The van der Waals surface area contributed by atoms with E-state index in [0.717, 1.165) is 37.7 Å². The van der Waals surface area contributed by atoms with Crippen molar-refractivity contribution in [1.82, 2.24) is 9.80 Å². The Hall–Kier alpha value is -2.66. The van der Waals surface area contributed by atoms with Crippen molar-refractivity contribution in [3.8, 4) is 0 Å². The molecule has 36 heavy (non-hydrogen) atoms. The summed E-state index contributed by atoms with van der Waals surface area (Å²) in [6, 6.07) is 19.3. The van der Waals surface area contributed by atoms with Crippen LogP contribution in [0.2, 0.25) is 0 Å². The molecule has 0 saturated carbocycles. The summed E-state index contributed by atoms with van der Waals surface area (Å²) in [4.78, 5) is 31.8. The summed E-state index contributed by atoms with van der Waals surface area (Å²) in [5.74, 6) is 0.658. The summed E-state index contributed by atoms with van der Waals surface area (Å²) in [6.45, 7) is 11.1. The van der Waals surface area contributed by atoms with Crippen molar-refractivity contribution in [2.24, 2.45) is 11.8 Å². The van der Waals surface area contributed by atoms with Crippen LogP contribution in [-0.2, 0) is 21.4 Å². The molecule has 2 aromatic carbocycles. The van der Waals surface area contributed by atoms with Crippen LogP contribution in [0.5, 0.6) is 0 Å². The molecule has 2 aliphatic rings. The average Bonchev–Trinajstić information content (AvgIpc) is 3.21. The molecule has 0 radical (unpaired) electrons. The third kappa shape index (κ3) is 6.76. The van der Waals surface area contributed by atoms with Gasteiger partial charge in [-0.1, -0.05) is 63.2 Å². The van der Waals surface area contributed by atoms with Gasteiger partial charge in [-0.15, -0.1) is 0 Å². The molecule has 0 spiro atoms. The van der Waals surface area contributed by atoms with Gasteiger partial charge in [0.2, 0.25) is 11.8 Å². The van der Waals surface area contributed by atoms with Crippen molar-refractivity contribution < 1.29 is 9.59 Å². The molecule has 194 valence electrons. The average molecular weight is 490 g/mol. The van der Waals surface area contributed by atoms with E-state index in [2.05, 4.69) is 80.3 Å². The lowest BCUT2D eigenvalue weighted by atomic mass is 9.87. The third-order valence-corrected chi connectivity index (χ3v) is 7.93. The summed E-state index contributed by atoms with van der Waals surface area (Å²) in [6.07, 6.45) is 4.91. The Morgan fingerprint density at radius 3 is 2.25 bits per heavy atom. The minimum atomic E-state index is -0.251. The van der Waals surface area contributed by atoms with Gasteiger partial charge in [-0.05, 0) is 79.9 Å². The van der Waals surface area contributed by atoms with E-state index >= 15 is 0 Å². The highest BCUT2D eigenvalue weighted by Gasteiger charge is 2.35. The van der Waals surface area contributed by atoms with Gasteiger partial charge in [0.1, 0.15) is 0 Å². The number of carbonyl (C=O) groups is 2. The van der Waals surface area contributed by atoms with Crippen LogP contribution in [0.4, 0.5) is 5.69 Å². The Morgan fingerprint density at radius 2 is 1.67 bits per heavy atom. The number of benzene rings is 2. The first-order valence-electron chi connectivity index (χ1n) is 13.6. The van der Waals surface area contributed by atoms with Crippen LogP contribution in [0.15, 0.2) is 54.6 Å². The largest absolute Gasteiger partial charge is 0.345 e. The first-order chi connectivity index (χ1) is 17.2. The fourth-order valence-corrected chi connectivity index (χ4v) is 5.57. The van der Waals surface area contributed by atoms with Gasteiger partial charge < -0.3 is 14.7 Å². The van der Waals surface area contributed by atoms with Crippen molar-refractivity contribution in [3.05, 3.63) is 65.7 Å². The number of likely N-dealkylation sites (tertiary alicyclic amines) is 2. The Morgan fingerprint density at radius 1 is 1.00 bits per heavy atom.